The SMILES string of the molecule is c1cc2c(cc1CCNCC1C3CC4CC(C3)CC1C4)CCCC2. The molecule has 24 heavy (non-hydrogen) atoms. The number of fused-ring (bicyclic) bond motifs is 1. The highest BCUT2D eigenvalue weighted by Crippen LogP contribution is 2.56. The van der Waals surface area contributed by atoms with Crippen LogP contribution in [0.5, 0.6) is 0 Å². The normalized spacial score (nSPS) is 36.8. The lowest BCUT2D eigenvalue weighted by molar-refractivity contribution is -0.0353. The first-order valence-electron chi connectivity index (χ1n) is 10.7. The zero-order valence-corrected chi connectivity index (χ0v) is 15.1. The molecule has 0 atom stereocenters. The van der Waals surface area contributed by atoms with Gasteiger partial charge >= 0.3 is 0 Å². The highest BCUT2D eigenvalue weighted by atomic mass is 14.9. The van der Waals surface area contributed by atoms with Crippen molar-refractivity contribution in [1.82, 2.24) is 5.32 Å². The van der Waals surface area contributed by atoms with Crippen LogP contribution in [-0.4, -0.2) is 13.1 Å². The summed E-state index contributed by atoms with van der Waals surface area (Å²) in [5.74, 6) is 5.36. The van der Waals surface area contributed by atoms with Gasteiger partial charge in [-0.15, -0.1) is 0 Å². The van der Waals surface area contributed by atoms with Gasteiger partial charge in [-0.1, -0.05) is 18.2 Å². The van der Waals surface area contributed by atoms with E-state index in [9.17, 15) is 0 Å². The minimum atomic E-state index is 1.00. The van der Waals surface area contributed by atoms with E-state index in [1.165, 1.54) is 45.2 Å². The monoisotopic (exact) mass is 323 g/mol. The third-order valence-electron chi connectivity index (χ3n) is 7.81. The van der Waals surface area contributed by atoms with Crippen LogP contribution >= 0.6 is 0 Å². The summed E-state index contributed by atoms with van der Waals surface area (Å²) in [6.45, 7) is 2.46. The van der Waals surface area contributed by atoms with Gasteiger partial charge in [0.05, 0.1) is 0 Å². The van der Waals surface area contributed by atoms with E-state index < -0.39 is 0 Å². The van der Waals surface area contributed by atoms with E-state index >= 15 is 0 Å². The van der Waals surface area contributed by atoms with Gasteiger partial charge in [-0.05, 0) is 124 Å². The molecule has 4 saturated carbocycles. The van der Waals surface area contributed by atoms with Gasteiger partial charge in [-0.2, -0.15) is 0 Å². The zero-order chi connectivity index (χ0) is 15.9. The maximum absolute atomic E-state index is 3.84. The van der Waals surface area contributed by atoms with Crippen molar-refractivity contribution in [2.24, 2.45) is 29.6 Å². The average molecular weight is 324 g/mol. The summed E-state index contributed by atoms with van der Waals surface area (Å²) in [5.41, 5.74) is 4.81. The van der Waals surface area contributed by atoms with Crippen LogP contribution in [-0.2, 0) is 19.3 Å². The molecule has 0 heterocycles. The molecule has 0 saturated heterocycles. The molecule has 1 heteroatoms. The molecule has 1 aromatic rings. The van der Waals surface area contributed by atoms with Gasteiger partial charge in [0.15, 0.2) is 0 Å². The predicted octanol–water partition coefficient (Wildman–Crippen LogP) is 4.77. The van der Waals surface area contributed by atoms with E-state index in [1.807, 2.05) is 0 Å². The fourth-order valence-electron chi connectivity index (χ4n) is 6.81. The molecule has 0 unspecified atom stereocenters. The van der Waals surface area contributed by atoms with E-state index in [0.29, 0.717) is 0 Å². The molecule has 1 N–H and O–H groups in total. The second-order valence-corrected chi connectivity index (χ2v) is 9.36. The van der Waals surface area contributed by atoms with Crippen LogP contribution in [0, 0.1) is 29.6 Å². The van der Waals surface area contributed by atoms with Gasteiger partial charge < -0.3 is 5.32 Å². The Morgan fingerprint density at radius 2 is 1.54 bits per heavy atom. The summed E-state index contributed by atoms with van der Waals surface area (Å²) in [4.78, 5) is 0. The Morgan fingerprint density at radius 3 is 2.29 bits per heavy atom. The molecule has 5 aliphatic carbocycles. The summed E-state index contributed by atoms with van der Waals surface area (Å²) in [7, 11) is 0. The second kappa shape index (κ2) is 6.48. The van der Waals surface area contributed by atoms with Crippen molar-refractivity contribution in [2.45, 2.75) is 64.2 Å². The van der Waals surface area contributed by atoms with Crippen molar-refractivity contribution in [3.05, 3.63) is 34.9 Å². The van der Waals surface area contributed by atoms with Crippen LogP contribution in [0.4, 0.5) is 0 Å². The summed E-state index contributed by atoms with van der Waals surface area (Å²) in [6, 6.07) is 7.29. The lowest BCUT2D eigenvalue weighted by Gasteiger charge is -2.54. The van der Waals surface area contributed by atoms with E-state index in [0.717, 1.165) is 29.6 Å². The maximum atomic E-state index is 3.84. The topological polar surface area (TPSA) is 12.0 Å². The molecule has 4 fully saturated rings. The molecule has 5 aliphatic rings. The molecule has 6 rings (SSSR count). The molecule has 1 aromatic carbocycles. The molecule has 0 radical (unpaired) electrons. The predicted molar refractivity (Wildman–Crippen MR) is 100 cm³/mol. The van der Waals surface area contributed by atoms with Gasteiger partial charge in [0.2, 0.25) is 0 Å². The molecule has 0 spiro atoms. The first kappa shape index (κ1) is 15.4. The highest BCUT2D eigenvalue weighted by molar-refractivity contribution is 5.33. The van der Waals surface area contributed by atoms with E-state index in [2.05, 4.69) is 23.5 Å². The summed E-state index contributed by atoms with van der Waals surface area (Å²) in [6.07, 6.45) is 14.4. The third-order valence-corrected chi connectivity index (χ3v) is 7.81. The quantitative estimate of drug-likeness (QED) is 0.770. The Labute approximate surface area is 147 Å². The van der Waals surface area contributed by atoms with Crippen molar-refractivity contribution in [1.29, 1.82) is 0 Å². The van der Waals surface area contributed by atoms with Crippen LogP contribution in [0.25, 0.3) is 0 Å². The molecule has 130 valence electrons. The zero-order valence-electron chi connectivity index (χ0n) is 15.1. The van der Waals surface area contributed by atoms with Crippen LogP contribution in [0.3, 0.4) is 0 Å². The van der Waals surface area contributed by atoms with Crippen molar-refractivity contribution >= 4 is 0 Å². The maximum Gasteiger partial charge on any atom is -0.000823 e. The van der Waals surface area contributed by atoms with E-state index in [1.54, 1.807) is 48.8 Å². The van der Waals surface area contributed by atoms with Gasteiger partial charge in [0, 0.05) is 0 Å². The Morgan fingerprint density at radius 1 is 0.833 bits per heavy atom. The molecular weight excluding hydrogens is 290 g/mol. The van der Waals surface area contributed by atoms with Crippen LogP contribution < -0.4 is 5.32 Å². The van der Waals surface area contributed by atoms with Crippen LogP contribution in [0.15, 0.2) is 18.2 Å². The van der Waals surface area contributed by atoms with Gasteiger partial charge in [-0.25, -0.2) is 0 Å². The number of hydrogen-bond acceptors (Lipinski definition) is 1. The second-order valence-electron chi connectivity index (χ2n) is 9.36. The van der Waals surface area contributed by atoms with Gasteiger partial charge in [0.1, 0.15) is 0 Å². The number of nitrogens with one attached hydrogen (secondary N) is 1. The van der Waals surface area contributed by atoms with Crippen molar-refractivity contribution in [2.75, 3.05) is 13.1 Å². The Bertz CT molecular complexity index is 562. The fourth-order valence-corrected chi connectivity index (χ4v) is 6.81. The van der Waals surface area contributed by atoms with Crippen molar-refractivity contribution in [3.63, 3.8) is 0 Å². The van der Waals surface area contributed by atoms with Crippen LogP contribution in [0.2, 0.25) is 0 Å². The Hall–Kier alpha value is -0.820. The smallest absolute Gasteiger partial charge is 0.000823 e. The molecular formula is C23H33N. The third kappa shape index (κ3) is 2.94. The Kier molecular flexibility index (Phi) is 4.17. The van der Waals surface area contributed by atoms with E-state index in [-0.39, 0.29) is 0 Å². The number of benzene rings is 1. The molecule has 4 bridgehead atoms. The molecule has 0 aliphatic heterocycles. The highest BCUT2D eigenvalue weighted by Gasteiger charge is 2.47. The molecule has 0 aromatic heterocycles. The number of hydrogen-bond donors (Lipinski definition) is 1. The van der Waals surface area contributed by atoms with Gasteiger partial charge in [-0.3, -0.25) is 0 Å². The fraction of sp³-hybridized carbons (Fsp3) is 0.739. The largest absolute Gasteiger partial charge is 0.316 e. The summed E-state index contributed by atoms with van der Waals surface area (Å²) >= 11 is 0. The van der Waals surface area contributed by atoms with Gasteiger partial charge in [0.25, 0.3) is 0 Å². The van der Waals surface area contributed by atoms with Crippen LogP contribution in [0.1, 0.15) is 61.6 Å². The molecule has 1 nitrogen and oxygen atoms in total. The average Bonchev–Trinajstić information content (AvgIpc) is 2.60. The minimum absolute atomic E-state index is 1.00. The van der Waals surface area contributed by atoms with Crippen molar-refractivity contribution in [3.8, 4) is 0 Å². The van der Waals surface area contributed by atoms with E-state index in [4.69, 9.17) is 0 Å². The summed E-state index contributed by atoms with van der Waals surface area (Å²) < 4.78 is 0. The van der Waals surface area contributed by atoms with Crippen molar-refractivity contribution < 1.29 is 0 Å². The first-order valence-corrected chi connectivity index (χ1v) is 10.7. The molecule has 0 amide bonds. The Balaban J connectivity index is 1.12. The standard InChI is InChI=1S/C23H33N/c1-2-4-20-10-16(5-6-19(20)3-1)7-8-24-15-23-21-11-17-9-18(13-21)14-22(23)12-17/h5-6,10,17-18,21-24H,1-4,7-9,11-15H2. The summed E-state index contributed by atoms with van der Waals surface area (Å²) in [5, 5.41) is 3.84. The first-order chi connectivity index (χ1) is 11.8. The lowest BCUT2D eigenvalue weighted by Crippen LogP contribution is -2.48. The number of rotatable bonds is 5. The minimum Gasteiger partial charge on any atom is -0.316 e. The lowest BCUT2D eigenvalue weighted by atomic mass is 9.52. The number of aryl methyl sites for hydroxylation is 2.